The molecular formula is C11H19F3N2. The summed E-state index contributed by atoms with van der Waals surface area (Å²) in [4.78, 5) is 0. The van der Waals surface area contributed by atoms with Gasteiger partial charge in [0.15, 0.2) is 0 Å². The van der Waals surface area contributed by atoms with Gasteiger partial charge in [0, 0.05) is 24.8 Å². The molecule has 0 amide bonds. The van der Waals surface area contributed by atoms with E-state index in [9.17, 15) is 13.2 Å². The minimum Gasteiger partial charge on any atom is -0.271 e. The van der Waals surface area contributed by atoms with E-state index in [-0.39, 0.29) is 24.7 Å². The van der Waals surface area contributed by atoms with E-state index >= 15 is 0 Å². The summed E-state index contributed by atoms with van der Waals surface area (Å²) in [5.41, 5.74) is 2.01. The molecular weight excluding hydrogens is 217 g/mol. The molecule has 2 aliphatic rings. The van der Waals surface area contributed by atoms with Crippen molar-refractivity contribution in [3.8, 4) is 0 Å². The number of nitrogens with one attached hydrogen (secondary N) is 1. The van der Waals surface area contributed by atoms with E-state index in [1.165, 1.54) is 0 Å². The molecule has 2 aliphatic carbocycles. The summed E-state index contributed by atoms with van der Waals surface area (Å²) < 4.78 is 39.6. The van der Waals surface area contributed by atoms with E-state index < -0.39 is 18.0 Å². The molecule has 3 atom stereocenters. The fourth-order valence-electron chi connectivity index (χ4n) is 3.51. The SMILES string of the molecule is NNCC1(CF)CC2CCC(F)(F)CC2C1. The molecule has 0 spiro atoms. The lowest BCUT2D eigenvalue weighted by molar-refractivity contribution is -0.0635. The van der Waals surface area contributed by atoms with Crippen LogP contribution in [0, 0.1) is 17.3 Å². The number of hydrogen-bond acceptors (Lipinski definition) is 2. The smallest absolute Gasteiger partial charge is 0.248 e. The second kappa shape index (κ2) is 4.18. The molecule has 0 heterocycles. The number of halogens is 3. The fourth-order valence-corrected chi connectivity index (χ4v) is 3.51. The molecule has 2 nitrogen and oxygen atoms in total. The highest BCUT2D eigenvalue weighted by Gasteiger charge is 2.51. The van der Waals surface area contributed by atoms with Gasteiger partial charge in [0.1, 0.15) is 0 Å². The molecule has 2 fully saturated rings. The average Bonchev–Trinajstić information content (AvgIpc) is 2.55. The highest BCUT2D eigenvalue weighted by Crippen LogP contribution is 2.54. The van der Waals surface area contributed by atoms with Crippen molar-refractivity contribution in [2.24, 2.45) is 23.1 Å². The Balaban J connectivity index is 2.05. The predicted molar refractivity (Wildman–Crippen MR) is 55.6 cm³/mol. The molecule has 2 saturated carbocycles. The normalized spacial score (nSPS) is 42.0. The molecule has 3 N–H and O–H groups in total. The molecule has 0 aromatic carbocycles. The van der Waals surface area contributed by atoms with Gasteiger partial charge in [-0.2, -0.15) is 0 Å². The third-order valence-electron chi connectivity index (χ3n) is 4.26. The van der Waals surface area contributed by atoms with Crippen LogP contribution in [-0.4, -0.2) is 19.1 Å². The van der Waals surface area contributed by atoms with Gasteiger partial charge in [-0.1, -0.05) is 0 Å². The maximum atomic E-state index is 13.3. The van der Waals surface area contributed by atoms with Crippen molar-refractivity contribution in [2.45, 2.75) is 38.0 Å². The Bertz CT molecular complexity index is 260. The van der Waals surface area contributed by atoms with Crippen molar-refractivity contribution in [1.82, 2.24) is 5.43 Å². The monoisotopic (exact) mass is 236 g/mol. The van der Waals surface area contributed by atoms with Crippen LogP contribution in [0.4, 0.5) is 13.2 Å². The molecule has 2 rings (SSSR count). The molecule has 3 unspecified atom stereocenters. The van der Waals surface area contributed by atoms with E-state index in [1.807, 2.05) is 0 Å². The zero-order valence-corrected chi connectivity index (χ0v) is 9.32. The Labute approximate surface area is 93.7 Å². The van der Waals surface area contributed by atoms with Crippen LogP contribution in [0.25, 0.3) is 0 Å². The summed E-state index contributed by atoms with van der Waals surface area (Å²) in [7, 11) is 0. The van der Waals surface area contributed by atoms with Gasteiger partial charge in [0.25, 0.3) is 0 Å². The first-order chi connectivity index (χ1) is 7.50. The van der Waals surface area contributed by atoms with E-state index in [0.29, 0.717) is 25.8 Å². The van der Waals surface area contributed by atoms with Crippen molar-refractivity contribution in [1.29, 1.82) is 0 Å². The lowest BCUT2D eigenvalue weighted by Gasteiger charge is -2.31. The van der Waals surface area contributed by atoms with E-state index in [0.717, 1.165) is 0 Å². The molecule has 0 saturated heterocycles. The van der Waals surface area contributed by atoms with Gasteiger partial charge in [-0.05, 0) is 31.1 Å². The van der Waals surface area contributed by atoms with Gasteiger partial charge >= 0.3 is 0 Å². The molecule has 94 valence electrons. The standard InChI is InChI=1S/C11H19F3N2/c12-6-10(7-16-15)3-8-1-2-11(13,14)5-9(8)4-10/h8-9,16H,1-7,15H2. The maximum Gasteiger partial charge on any atom is 0.248 e. The van der Waals surface area contributed by atoms with Crippen molar-refractivity contribution in [3.05, 3.63) is 0 Å². The van der Waals surface area contributed by atoms with Crippen LogP contribution in [0.5, 0.6) is 0 Å². The summed E-state index contributed by atoms with van der Waals surface area (Å²) in [6, 6.07) is 0. The zero-order valence-electron chi connectivity index (χ0n) is 9.32. The molecule has 0 aromatic heterocycles. The zero-order chi connectivity index (χ0) is 11.8. The Morgan fingerprint density at radius 3 is 2.50 bits per heavy atom. The van der Waals surface area contributed by atoms with Crippen LogP contribution in [0.15, 0.2) is 0 Å². The van der Waals surface area contributed by atoms with Gasteiger partial charge in [-0.3, -0.25) is 15.7 Å². The van der Waals surface area contributed by atoms with Crippen LogP contribution >= 0.6 is 0 Å². The average molecular weight is 236 g/mol. The van der Waals surface area contributed by atoms with Crippen molar-refractivity contribution < 1.29 is 13.2 Å². The number of hydrogen-bond donors (Lipinski definition) is 2. The third kappa shape index (κ3) is 2.20. The Kier molecular flexibility index (Phi) is 3.18. The number of nitrogens with two attached hydrogens (primary N) is 1. The first-order valence-electron chi connectivity index (χ1n) is 5.88. The fraction of sp³-hybridized carbons (Fsp3) is 1.00. The minimum atomic E-state index is -2.54. The van der Waals surface area contributed by atoms with Gasteiger partial charge in [-0.15, -0.1) is 0 Å². The second-order valence-corrected chi connectivity index (χ2v) is 5.54. The van der Waals surface area contributed by atoms with E-state index in [4.69, 9.17) is 5.84 Å². The van der Waals surface area contributed by atoms with Gasteiger partial charge < -0.3 is 0 Å². The van der Waals surface area contributed by atoms with E-state index in [2.05, 4.69) is 5.43 Å². The van der Waals surface area contributed by atoms with Crippen LogP contribution in [0.2, 0.25) is 0 Å². The van der Waals surface area contributed by atoms with Crippen molar-refractivity contribution >= 4 is 0 Å². The lowest BCUT2D eigenvalue weighted by atomic mass is 9.80. The lowest BCUT2D eigenvalue weighted by Crippen LogP contribution is -2.38. The van der Waals surface area contributed by atoms with Crippen molar-refractivity contribution in [3.63, 3.8) is 0 Å². The predicted octanol–water partition coefficient (Wildman–Crippen LogP) is 2.25. The summed E-state index contributed by atoms with van der Waals surface area (Å²) in [6.45, 7) is -0.0716. The minimum absolute atomic E-state index is 0.0205. The van der Waals surface area contributed by atoms with Gasteiger partial charge in [0.05, 0.1) is 6.67 Å². The molecule has 0 aromatic rings. The molecule has 0 aliphatic heterocycles. The van der Waals surface area contributed by atoms with Crippen LogP contribution < -0.4 is 11.3 Å². The van der Waals surface area contributed by atoms with Crippen LogP contribution in [0.3, 0.4) is 0 Å². The Hall–Kier alpha value is -0.290. The molecule has 16 heavy (non-hydrogen) atoms. The maximum absolute atomic E-state index is 13.3. The summed E-state index contributed by atoms with van der Waals surface area (Å²) in [5.74, 6) is 2.96. The molecule has 0 bridgehead atoms. The number of fused-ring (bicyclic) bond motifs is 1. The first-order valence-corrected chi connectivity index (χ1v) is 5.88. The van der Waals surface area contributed by atoms with E-state index in [1.54, 1.807) is 0 Å². The molecule has 5 heteroatoms. The number of rotatable bonds is 3. The quantitative estimate of drug-likeness (QED) is 0.582. The third-order valence-corrected chi connectivity index (χ3v) is 4.26. The van der Waals surface area contributed by atoms with Crippen LogP contribution in [0.1, 0.15) is 32.1 Å². The summed E-state index contributed by atoms with van der Waals surface area (Å²) >= 11 is 0. The largest absolute Gasteiger partial charge is 0.271 e. The molecule has 0 radical (unpaired) electrons. The highest BCUT2D eigenvalue weighted by molar-refractivity contribution is 4.99. The van der Waals surface area contributed by atoms with Crippen molar-refractivity contribution in [2.75, 3.05) is 13.2 Å². The second-order valence-electron chi connectivity index (χ2n) is 5.54. The summed E-state index contributed by atoms with van der Waals surface area (Å²) in [5, 5.41) is 0. The van der Waals surface area contributed by atoms with Crippen LogP contribution in [-0.2, 0) is 0 Å². The highest BCUT2D eigenvalue weighted by atomic mass is 19.3. The number of alkyl halides is 3. The number of hydrazine groups is 1. The Morgan fingerprint density at radius 1 is 1.19 bits per heavy atom. The summed E-state index contributed by atoms with van der Waals surface area (Å²) in [6.07, 6.45) is 1.68. The van der Waals surface area contributed by atoms with Gasteiger partial charge in [0.2, 0.25) is 5.92 Å². The Morgan fingerprint density at radius 2 is 1.88 bits per heavy atom. The first kappa shape index (κ1) is 12.2. The van der Waals surface area contributed by atoms with Gasteiger partial charge in [-0.25, -0.2) is 8.78 Å². The topological polar surface area (TPSA) is 38.0 Å².